The molecule has 1 atom stereocenters. The molecule has 6 heteroatoms. The quantitative estimate of drug-likeness (QED) is 0.441. The molecule has 0 bridgehead atoms. The lowest BCUT2D eigenvalue weighted by Gasteiger charge is -2.16. The Labute approximate surface area is 182 Å². The molecular formula is C25H26BN2O3. The lowest BCUT2D eigenvalue weighted by Crippen LogP contribution is -2.29. The first-order valence-corrected chi connectivity index (χ1v) is 10.8. The Morgan fingerprint density at radius 2 is 1.74 bits per heavy atom. The normalized spacial score (nSPS) is 12.3. The molecule has 4 aromatic rings. The lowest BCUT2D eigenvalue weighted by molar-refractivity contribution is -0.137. The summed E-state index contributed by atoms with van der Waals surface area (Å²) in [4.78, 5) is 25.1. The van der Waals surface area contributed by atoms with Gasteiger partial charge < -0.3 is 5.11 Å². The van der Waals surface area contributed by atoms with E-state index in [-0.39, 0.29) is 18.2 Å². The van der Waals surface area contributed by atoms with Crippen molar-refractivity contribution in [3.63, 3.8) is 0 Å². The van der Waals surface area contributed by atoms with Crippen molar-refractivity contribution in [2.45, 2.75) is 45.6 Å². The number of imidazole rings is 1. The number of benzene rings is 3. The molecule has 0 saturated heterocycles. The van der Waals surface area contributed by atoms with Gasteiger partial charge in [0.25, 0.3) is 0 Å². The summed E-state index contributed by atoms with van der Waals surface area (Å²) in [5.41, 5.74) is 3.67. The van der Waals surface area contributed by atoms with Crippen molar-refractivity contribution in [3.05, 3.63) is 76.7 Å². The van der Waals surface area contributed by atoms with Crippen molar-refractivity contribution in [1.29, 1.82) is 0 Å². The van der Waals surface area contributed by atoms with Crippen molar-refractivity contribution in [2.75, 3.05) is 0 Å². The number of para-hydroxylation sites is 2. The number of aliphatic carboxylic acids is 1. The Morgan fingerprint density at radius 1 is 1.03 bits per heavy atom. The van der Waals surface area contributed by atoms with Gasteiger partial charge >= 0.3 is 11.7 Å². The maximum absolute atomic E-state index is 13.6. The number of nitrogens with zero attached hydrogens (tertiary/aromatic N) is 2. The van der Waals surface area contributed by atoms with Gasteiger partial charge in [-0.2, -0.15) is 0 Å². The first kappa shape index (κ1) is 21.0. The van der Waals surface area contributed by atoms with Crippen molar-refractivity contribution >= 4 is 40.5 Å². The predicted octanol–water partition coefficient (Wildman–Crippen LogP) is 4.20. The average Bonchev–Trinajstić information content (AvgIpc) is 3.04. The van der Waals surface area contributed by atoms with Gasteiger partial charge in [0, 0.05) is 6.04 Å². The highest BCUT2D eigenvalue weighted by atomic mass is 16.4. The standard InChI is InChI=1S/C25H26BN2O3/c1-3-8-19(15-23(29)30)28-22-14-5-4-13-21(22)27(25(28)31)16-18-11-6-9-17-10-7-12-20(26-2)24(17)18/h4-7,9-14,19H,3,8,15-16H2,1-2H3,(H,29,30). The van der Waals surface area contributed by atoms with Crippen LogP contribution in [0.25, 0.3) is 21.8 Å². The number of aromatic nitrogens is 2. The zero-order valence-electron chi connectivity index (χ0n) is 17.9. The Hall–Kier alpha value is -3.28. The third kappa shape index (κ3) is 3.90. The van der Waals surface area contributed by atoms with Crippen molar-refractivity contribution in [2.24, 2.45) is 0 Å². The van der Waals surface area contributed by atoms with Crippen molar-refractivity contribution in [3.8, 4) is 0 Å². The molecule has 31 heavy (non-hydrogen) atoms. The summed E-state index contributed by atoms with van der Waals surface area (Å²) >= 11 is 0. The minimum atomic E-state index is -0.889. The largest absolute Gasteiger partial charge is 0.481 e. The van der Waals surface area contributed by atoms with Gasteiger partial charge in [-0.15, -0.1) is 0 Å². The monoisotopic (exact) mass is 413 g/mol. The number of carboxylic acid groups (broad SMARTS) is 1. The molecule has 3 aromatic carbocycles. The zero-order chi connectivity index (χ0) is 22.0. The molecule has 1 radical (unpaired) electrons. The molecule has 0 amide bonds. The van der Waals surface area contributed by atoms with Crippen LogP contribution in [-0.2, 0) is 11.3 Å². The van der Waals surface area contributed by atoms with E-state index in [2.05, 4.69) is 31.5 Å². The van der Waals surface area contributed by atoms with Crippen LogP contribution in [0.2, 0.25) is 6.82 Å². The molecule has 4 rings (SSSR count). The molecule has 0 fully saturated rings. The molecule has 157 valence electrons. The molecule has 0 saturated carbocycles. The van der Waals surface area contributed by atoms with E-state index in [9.17, 15) is 14.7 Å². The molecule has 1 N–H and O–H groups in total. The molecule has 0 aliphatic rings. The van der Waals surface area contributed by atoms with E-state index >= 15 is 0 Å². The van der Waals surface area contributed by atoms with E-state index in [1.54, 1.807) is 9.13 Å². The fourth-order valence-electron chi connectivity index (χ4n) is 4.59. The third-order valence-electron chi connectivity index (χ3n) is 5.93. The molecule has 0 aliphatic carbocycles. The van der Waals surface area contributed by atoms with Crippen molar-refractivity contribution < 1.29 is 9.90 Å². The van der Waals surface area contributed by atoms with Crippen LogP contribution >= 0.6 is 0 Å². The summed E-state index contributed by atoms with van der Waals surface area (Å²) in [6, 6.07) is 19.7. The van der Waals surface area contributed by atoms with Crippen LogP contribution in [0.1, 0.15) is 37.8 Å². The Balaban J connectivity index is 1.91. The van der Waals surface area contributed by atoms with Crippen LogP contribution in [-0.4, -0.2) is 27.5 Å². The summed E-state index contributed by atoms with van der Waals surface area (Å²) in [5, 5.41) is 11.7. The lowest BCUT2D eigenvalue weighted by atomic mass is 9.70. The first-order chi connectivity index (χ1) is 15.0. The highest BCUT2D eigenvalue weighted by molar-refractivity contribution is 6.56. The molecule has 1 aromatic heterocycles. The second-order valence-electron chi connectivity index (χ2n) is 7.92. The van der Waals surface area contributed by atoms with Crippen molar-refractivity contribution in [1.82, 2.24) is 9.13 Å². The third-order valence-corrected chi connectivity index (χ3v) is 5.93. The van der Waals surface area contributed by atoms with E-state index in [1.807, 2.05) is 50.1 Å². The summed E-state index contributed by atoms with van der Waals surface area (Å²) in [7, 11) is 2.09. The van der Waals surface area contributed by atoms with Crippen LogP contribution in [0.15, 0.2) is 65.5 Å². The molecule has 0 spiro atoms. The van der Waals surface area contributed by atoms with Crippen LogP contribution in [0.5, 0.6) is 0 Å². The van der Waals surface area contributed by atoms with E-state index in [1.165, 1.54) is 0 Å². The smallest absolute Gasteiger partial charge is 0.329 e. The molecule has 5 nitrogen and oxygen atoms in total. The predicted molar refractivity (Wildman–Crippen MR) is 127 cm³/mol. The highest BCUT2D eigenvalue weighted by Crippen LogP contribution is 2.25. The number of fused-ring (bicyclic) bond motifs is 2. The number of rotatable bonds is 8. The van der Waals surface area contributed by atoms with Gasteiger partial charge in [-0.1, -0.05) is 74.2 Å². The van der Waals surface area contributed by atoms with Gasteiger partial charge in [0.2, 0.25) is 0 Å². The Kier molecular flexibility index (Phi) is 5.98. The van der Waals surface area contributed by atoms with E-state index in [4.69, 9.17) is 0 Å². The van der Waals surface area contributed by atoms with Gasteiger partial charge in [-0.05, 0) is 34.9 Å². The van der Waals surface area contributed by atoms with Crippen LogP contribution in [0.3, 0.4) is 0 Å². The fourth-order valence-corrected chi connectivity index (χ4v) is 4.59. The van der Waals surface area contributed by atoms with E-state index in [0.29, 0.717) is 13.0 Å². The van der Waals surface area contributed by atoms with E-state index < -0.39 is 5.97 Å². The number of hydrogen-bond acceptors (Lipinski definition) is 2. The maximum atomic E-state index is 13.6. The second kappa shape index (κ2) is 8.84. The van der Waals surface area contributed by atoms with Crippen LogP contribution < -0.4 is 11.2 Å². The topological polar surface area (TPSA) is 64.2 Å². The molecule has 1 heterocycles. The maximum Gasteiger partial charge on any atom is 0.329 e. The minimum Gasteiger partial charge on any atom is -0.481 e. The summed E-state index contributed by atoms with van der Waals surface area (Å²) < 4.78 is 3.46. The summed E-state index contributed by atoms with van der Waals surface area (Å²) in [6.07, 6.45) is 1.39. The van der Waals surface area contributed by atoms with Crippen LogP contribution in [0.4, 0.5) is 0 Å². The molecule has 1 unspecified atom stereocenters. The van der Waals surface area contributed by atoms with Gasteiger partial charge in [0.15, 0.2) is 0 Å². The summed E-state index contributed by atoms with van der Waals surface area (Å²) in [6.45, 7) is 4.46. The van der Waals surface area contributed by atoms with Crippen LogP contribution in [0, 0.1) is 0 Å². The van der Waals surface area contributed by atoms with Gasteiger partial charge in [-0.3, -0.25) is 13.9 Å². The average molecular weight is 413 g/mol. The Bertz CT molecular complexity index is 1300. The summed E-state index contributed by atoms with van der Waals surface area (Å²) in [5.74, 6) is -0.889. The second-order valence-corrected chi connectivity index (χ2v) is 7.92. The minimum absolute atomic E-state index is 0.0645. The van der Waals surface area contributed by atoms with Gasteiger partial charge in [0.1, 0.15) is 7.28 Å². The highest BCUT2D eigenvalue weighted by Gasteiger charge is 2.22. The fraction of sp³-hybridized carbons (Fsp3) is 0.280. The van der Waals surface area contributed by atoms with E-state index in [0.717, 1.165) is 39.3 Å². The first-order valence-electron chi connectivity index (χ1n) is 10.8. The Morgan fingerprint density at radius 3 is 2.42 bits per heavy atom. The van der Waals surface area contributed by atoms with Gasteiger partial charge in [0.05, 0.1) is 24.0 Å². The molecular weight excluding hydrogens is 387 g/mol. The molecule has 0 aliphatic heterocycles. The number of hydrogen-bond donors (Lipinski definition) is 1. The number of carbonyl (C=O) groups is 1. The van der Waals surface area contributed by atoms with Gasteiger partial charge in [-0.25, -0.2) is 4.79 Å². The zero-order valence-corrected chi connectivity index (χ0v) is 17.9. The number of carboxylic acids is 1. The SMILES string of the molecule is C[B]c1cccc2cccc(Cn3c(=O)n(C(CCC)CC(=O)O)c4ccccc43)c12.